The van der Waals surface area contributed by atoms with Gasteiger partial charge in [-0.05, 0) is 29.9 Å². The molecule has 1 aromatic rings. The van der Waals surface area contributed by atoms with Crippen molar-refractivity contribution < 1.29 is 26.3 Å². The number of alkyl halides is 3. The fraction of sp³-hybridized carbons (Fsp3) is 0.571. The topological polar surface area (TPSA) is 55.4 Å². The first kappa shape index (κ1) is 18.6. The fourth-order valence-electron chi connectivity index (χ4n) is 2.26. The zero-order chi connectivity index (χ0) is 17.1. The molecule has 1 aliphatic rings. The summed E-state index contributed by atoms with van der Waals surface area (Å²) in [6.07, 6.45) is -3.67. The van der Waals surface area contributed by atoms with Crippen molar-refractivity contribution in [3.8, 4) is 0 Å². The minimum Gasteiger partial charge on any atom is -0.376 e. The monoisotopic (exact) mass is 369 g/mol. The van der Waals surface area contributed by atoms with Gasteiger partial charge in [0.2, 0.25) is 10.0 Å². The predicted octanol–water partition coefficient (Wildman–Crippen LogP) is 2.65. The second-order valence-electron chi connectivity index (χ2n) is 5.46. The maximum Gasteiger partial charge on any atom is 0.416 e. The molecule has 1 atom stereocenters. The number of halogens is 3. The average Bonchev–Trinajstić information content (AvgIpc) is 2.94. The maximum atomic E-state index is 12.5. The lowest BCUT2D eigenvalue weighted by Gasteiger charge is -2.26. The number of hydrogen-bond donors (Lipinski definition) is 1. The molecule has 0 amide bonds. The Balaban J connectivity index is 1.98. The van der Waals surface area contributed by atoms with Gasteiger partial charge in [-0.3, -0.25) is 0 Å². The van der Waals surface area contributed by atoms with Crippen molar-refractivity contribution in [2.75, 3.05) is 25.2 Å². The largest absolute Gasteiger partial charge is 0.416 e. The number of hydrogen-bond acceptors (Lipinski definition) is 4. The molecule has 1 aromatic carbocycles. The summed E-state index contributed by atoms with van der Waals surface area (Å²) < 4.78 is 69.6. The van der Waals surface area contributed by atoms with Crippen LogP contribution in [0.15, 0.2) is 24.3 Å². The molecule has 23 heavy (non-hydrogen) atoms. The maximum absolute atomic E-state index is 12.5. The quantitative estimate of drug-likeness (QED) is 0.838. The van der Waals surface area contributed by atoms with E-state index in [1.807, 2.05) is 0 Å². The highest BCUT2D eigenvalue weighted by atomic mass is 32.2. The highest BCUT2D eigenvalue weighted by Gasteiger charge is 2.35. The summed E-state index contributed by atoms with van der Waals surface area (Å²) in [5.41, 5.74) is -0.997. The van der Waals surface area contributed by atoms with E-state index in [0.717, 1.165) is 24.3 Å². The van der Waals surface area contributed by atoms with E-state index in [0.29, 0.717) is 11.3 Å². The van der Waals surface area contributed by atoms with Crippen LogP contribution in [0.5, 0.6) is 0 Å². The van der Waals surface area contributed by atoms with E-state index >= 15 is 0 Å². The summed E-state index contributed by atoms with van der Waals surface area (Å²) in [7, 11) is -2.09. The van der Waals surface area contributed by atoms with E-state index in [2.05, 4.69) is 4.72 Å². The molecule has 9 heteroatoms. The van der Waals surface area contributed by atoms with E-state index in [1.165, 1.54) is 12.1 Å². The van der Waals surface area contributed by atoms with Crippen LogP contribution < -0.4 is 4.72 Å². The molecule has 1 saturated heterocycles. The molecule has 1 heterocycles. The molecule has 0 aliphatic carbocycles. The normalized spacial score (nSPS) is 22.4. The standard InChI is InChI=1S/C14H18F3NO3S2/c1-21-13(6-7-22-10-13)9-18-23(19,20)8-11-2-4-12(5-3-11)14(15,16)17/h2-5,18H,6-10H2,1H3. The second-order valence-corrected chi connectivity index (χ2v) is 8.38. The van der Waals surface area contributed by atoms with Crippen molar-refractivity contribution in [1.82, 2.24) is 4.72 Å². The van der Waals surface area contributed by atoms with E-state index in [4.69, 9.17) is 4.74 Å². The summed E-state index contributed by atoms with van der Waals surface area (Å²) in [4.78, 5) is 0. The van der Waals surface area contributed by atoms with Crippen molar-refractivity contribution in [2.24, 2.45) is 0 Å². The fourth-order valence-corrected chi connectivity index (χ4v) is 4.88. The van der Waals surface area contributed by atoms with Crippen molar-refractivity contribution in [3.63, 3.8) is 0 Å². The minimum absolute atomic E-state index is 0.166. The molecular formula is C14H18F3NO3S2. The molecule has 0 aromatic heterocycles. The van der Waals surface area contributed by atoms with E-state index in [1.54, 1.807) is 18.9 Å². The molecule has 1 fully saturated rings. The molecule has 2 rings (SSSR count). The number of ether oxygens (including phenoxy) is 1. The Morgan fingerprint density at radius 3 is 2.43 bits per heavy atom. The van der Waals surface area contributed by atoms with E-state index in [-0.39, 0.29) is 12.3 Å². The Morgan fingerprint density at radius 1 is 1.30 bits per heavy atom. The molecule has 130 valence electrons. The Morgan fingerprint density at radius 2 is 1.96 bits per heavy atom. The first-order valence-corrected chi connectivity index (χ1v) is 9.73. The van der Waals surface area contributed by atoms with Gasteiger partial charge in [0.05, 0.1) is 16.9 Å². The van der Waals surface area contributed by atoms with Gasteiger partial charge < -0.3 is 4.74 Å². The van der Waals surface area contributed by atoms with Gasteiger partial charge in [0.1, 0.15) is 0 Å². The molecular weight excluding hydrogens is 351 g/mol. The molecule has 0 saturated carbocycles. The number of nitrogens with one attached hydrogen (secondary N) is 1. The van der Waals surface area contributed by atoms with Crippen LogP contribution in [0.25, 0.3) is 0 Å². The highest BCUT2D eigenvalue weighted by molar-refractivity contribution is 7.99. The molecule has 0 bridgehead atoms. The number of methoxy groups -OCH3 is 1. The van der Waals surface area contributed by atoms with Gasteiger partial charge in [-0.2, -0.15) is 24.9 Å². The van der Waals surface area contributed by atoms with Gasteiger partial charge in [-0.25, -0.2) is 13.1 Å². The minimum atomic E-state index is -4.43. The van der Waals surface area contributed by atoms with Crippen molar-refractivity contribution in [1.29, 1.82) is 0 Å². The average molecular weight is 369 g/mol. The van der Waals surface area contributed by atoms with Crippen molar-refractivity contribution >= 4 is 21.8 Å². The van der Waals surface area contributed by atoms with Crippen molar-refractivity contribution in [3.05, 3.63) is 35.4 Å². The summed E-state index contributed by atoms with van der Waals surface area (Å²) in [6.45, 7) is 0.166. The van der Waals surface area contributed by atoms with Crippen LogP contribution in [0.2, 0.25) is 0 Å². The Kier molecular flexibility index (Phi) is 5.65. The first-order chi connectivity index (χ1) is 10.7. The summed E-state index contributed by atoms with van der Waals surface area (Å²) in [5, 5.41) is 0. The van der Waals surface area contributed by atoms with E-state index in [9.17, 15) is 21.6 Å². The lowest BCUT2D eigenvalue weighted by atomic mass is 10.0. The predicted molar refractivity (Wildman–Crippen MR) is 83.8 cm³/mol. The van der Waals surface area contributed by atoms with Crippen LogP contribution in [0.4, 0.5) is 13.2 Å². The van der Waals surface area contributed by atoms with Crippen LogP contribution in [0.3, 0.4) is 0 Å². The van der Waals surface area contributed by atoms with Crippen LogP contribution in [-0.4, -0.2) is 39.2 Å². The Hall–Kier alpha value is -0.770. The van der Waals surface area contributed by atoms with Gasteiger partial charge in [-0.15, -0.1) is 0 Å². The summed E-state index contributed by atoms with van der Waals surface area (Å²) in [6, 6.07) is 4.13. The smallest absolute Gasteiger partial charge is 0.376 e. The molecule has 0 radical (unpaired) electrons. The number of rotatable bonds is 6. The Labute approximate surface area is 137 Å². The first-order valence-electron chi connectivity index (χ1n) is 6.92. The summed E-state index contributed by atoms with van der Waals surface area (Å²) in [5.74, 6) is 1.26. The zero-order valence-corrected chi connectivity index (χ0v) is 14.2. The molecule has 1 N–H and O–H groups in total. The van der Waals surface area contributed by atoms with E-state index < -0.39 is 27.4 Å². The van der Waals surface area contributed by atoms with Gasteiger partial charge in [0, 0.05) is 19.4 Å². The zero-order valence-electron chi connectivity index (χ0n) is 12.5. The highest BCUT2D eigenvalue weighted by Crippen LogP contribution is 2.31. The molecule has 1 aliphatic heterocycles. The van der Waals surface area contributed by atoms with Crippen LogP contribution in [-0.2, 0) is 26.7 Å². The third-order valence-corrected chi connectivity index (χ3v) is 6.27. The van der Waals surface area contributed by atoms with Crippen LogP contribution in [0.1, 0.15) is 17.5 Å². The lowest BCUT2D eigenvalue weighted by molar-refractivity contribution is -0.137. The third-order valence-electron chi connectivity index (χ3n) is 3.75. The molecule has 4 nitrogen and oxygen atoms in total. The van der Waals surface area contributed by atoms with Crippen LogP contribution in [0, 0.1) is 0 Å². The third kappa shape index (κ3) is 5.10. The lowest BCUT2D eigenvalue weighted by Crippen LogP contribution is -2.44. The number of benzene rings is 1. The van der Waals surface area contributed by atoms with Crippen LogP contribution >= 0.6 is 11.8 Å². The van der Waals surface area contributed by atoms with Gasteiger partial charge in [0.15, 0.2) is 0 Å². The molecule has 0 spiro atoms. The SMILES string of the molecule is COC1(CNS(=O)(=O)Cc2ccc(C(F)(F)F)cc2)CCSC1. The van der Waals surface area contributed by atoms with Crippen molar-refractivity contribution in [2.45, 2.75) is 24.0 Å². The van der Waals surface area contributed by atoms with Gasteiger partial charge >= 0.3 is 6.18 Å². The second kappa shape index (κ2) is 7.00. The Bertz CT molecular complexity index is 624. The number of thioether (sulfide) groups is 1. The van der Waals surface area contributed by atoms with Gasteiger partial charge in [0.25, 0.3) is 0 Å². The van der Waals surface area contributed by atoms with Gasteiger partial charge in [-0.1, -0.05) is 12.1 Å². The number of sulfonamides is 1. The molecule has 1 unspecified atom stereocenters. The summed E-state index contributed by atoms with van der Waals surface area (Å²) >= 11 is 1.70.